The first-order chi connectivity index (χ1) is 11.9. The lowest BCUT2D eigenvalue weighted by molar-refractivity contribution is -0.144. The Labute approximate surface area is 143 Å². The van der Waals surface area contributed by atoms with Crippen molar-refractivity contribution in [2.24, 2.45) is 10.9 Å². The number of phenols is 1. The van der Waals surface area contributed by atoms with Crippen molar-refractivity contribution in [2.75, 3.05) is 20.6 Å². The number of carbonyl (C=O) groups is 3. The zero-order valence-electron chi connectivity index (χ0n) is 13.9. The molecular weight excluding hydrogens is 324 g/mol. The molecule has 0 bridgehead atoms. The number of fused-ring (bicyclic) bond motifs is 1. The Morgan fingerprint density at radius 2 is 1.88 bits per heavy atom. The lowest BCUT2D eigenvalue weighted by atomic mass is 10.1. The van der Waals surface area contributed by atoms with Crippen molar-refractivity contribution in [3.05, 3.63) is 30.0 Å². The number of imide groups is 2. The summed E-state index contributed by atoms with van der Waals surface area (Å²) in [5.41, 5.74) is 1.89. The molecule has 1 saturated heterocycles. The van der Waals surface area contributed by atoms with Crippen LogP contribution >= 0.6 is 0 Å². The lowest BCUT2D eigenvalue weighted by Gasteiger charge is -2.31. The van der Waals surface area contributed by atoms with E-state index in [1.165, 1.54) is 20.3 Å². The van der Waals surface area contributed by atoms with Gasteiger partial charge in [-0.1, -0.05) is 0 Å². The highest BCUT2D eigenvalue weighted by atomic mass is 16.3. The Kier molecular flexibility index (Phi) is 4.26. The molecule has 130 valence electrons. The number of amides is 4. The van der Waals surface area contributed by atoms with Crippen molar-refractivity contribution in [2.45, 2.75) is 6.42 Å². The van der Waals surface area contributed by atoms with E-state index in [0.717, 1.165) is 26.3 Å². The van der Waals surface area contributed by atoms with E-state index in [0.29, 0.717) is 13.0 Å². The van der Waals surface area contributed by atoms with Gasteiger partial charge in [0.25, 0.3) is 0 Å². The number of hydrogen-bond acceptors (Lipinski definition) is 5. The number of aromatic amines is 1. The Bertz CT molecular complexity index is 862. The second-order valence-electron chi connectivity index (χ2n) is 5.90. The van der Waals surface area contributed by atoms with Crippen LogP contribution in [0.25, 0.3) is 10.9 Å². The summed E-state index contributed by atoms with van der Waals surface area (Å²) in [5.74, 6) is -2.03. The average molecular weight is 342 g/mol. The van der Waals surface area contributed by atoms with Gasteiger partial charge in [0.2, 0.25) is 11.8 Å². The number of barbiturate groups is 1. The maximum absolute atomic E-state index is 12.1. The van der Waals surface area contributed by atoms with Crippen LogP contribution < -0.4 is 0 Å². The minimum Gasteiger partial charge on any atom is -0.508 e. The number of aromatic hydroxyl groups is 1. The van der Waals surface area contributed by atoms with E-state index in [2.05, 4.69) is 9.98 Å². The van der Waals surface area contributed by atoms with E-state index in [4.69, 9.17) is 0 Å². The van der Waals surface area contributed by atoms with Gasteiger partial charge in [-0.3, -0.25) is 24.4 Å². The molecule has 1 aromatic carbocycles. The van der Waals surface area contributed by atoms with Gasteiger partial charge in [-0.2, -0.15) is 0 Å². The highest BCUT2D eigenvalue weighted by Crippen LogP contribution is 2.23. The first-order valence-corrected chi connectivity index (χ1v) is 7.78. The van der Waals surface area contributed by atoms with Crippen LogP contribution in [-0.4, -0.2) is 64.6 Å². The Hall–Kier alpha value is -3.16. The topological polar surface area (TPSA) is 106 Å². The Morgan fingerprint density at radius 1 is 1.20 bits per heavy atom. The summed E-state index contributed by atoms with van der Waals surface area (Å²) in [5, 5.41) is 10.5. The number of benzene rings is 1. The van der Waals surface area contributed by atoms with Crippen molar-refractivity contribution in [3.63, 3.8) is 0 Å². The third-order valence-electron chi connectivity index (χ3n) is 4.28. The van der Waals surface area contributed by atoms with Gasteiger partial charge in [0, 0.05) is 44.0 Å². The van der Waals surface area contributed by atoms with Crippen molar-refractivity contribution in [3.8, 4) is 5.75 Å². The van der Waals surface area contributed by atoms with Gasteiger partial charge in [-0.05, 0) is 30.2 Å². The normalized spacial score (nSPS) is 16.6. The number of H-pyrrole nitrogens is 1. The van der Waals surface area contributed by atoms with Gasteiger partial charge in [-0.25, -0.2) is 4.79 Å². The average Bonchev–Trinajstić information content (AvgIpc) is 3.00. The molecule has 0 atom stereocenters. The van der Waals surface area contributed by atoms with Gasteiger partial charge in [0.15, 0.2) is 5.92 Å². The summed E-state index contributed by atoms with van der Waals surface area (Å²) in [6, 6.07) is 4.43. The first kappa shape index (κ1) is 16.7. The number of carbonyl (C=O) groups excluding carboxylic acids is 3. The van der Waals surface area contributed by atoms with Crippen LogP contribution in [0.5, 0.6) is 5.75 Å². The fourth-order valence-electron chi connectivity index (χ4n) is 2.80. The number of rotatable bonds is 4. The van der Waals surface area contributed by atoms with Gasteiger partial charge < -0.3 is 10.1 Å². The zero-order chi connectivity index (χ0) is 18.1. The van der Waals surface area contributed by atoms with Crippen LogP contribution in [0, 0.1) is 5.92 Å². The predicted molar refractivity (Wildman–Crippen MR) is 91.5 cm³/mol. The minimum atomic E-state index is -1.07. The molecule has 2 N–H and O–H groups in total. The molecule has 2 heterocycles. The van der Waals surface area contributed by atoms with Crippen molar-refractivity contribution in [1.29, 1.82) is 0 Å². The smallest absolute Gasteiger partial charge is 0.332 e. The molecule has 0 saturated carbocycles. The fraction of sp³-hybridized carbons (Fsp3) is 0.294. The third kappa shape index (κ3) is 2.98. The van der Waals surface area contributed by atoms with E-state index >= 15 is 0 Å². The largest absolute Gasteiger partial charge is 0.508 e. The summed E-state index contributed by atoms with van der Waals surface area (Å²) >= 11 is 0. The number of aromatic nitrogens is 1. The van der Waals surface area contributed by atoms with Crippen molar-refractivity contribution < 1.29 is 19.5 Å². The van der Waals surface area contributed by atoms with Crippen molar-refractivity contribution >= 4 is 35.0 Å². The summed E-state index contributed by atoms with van der Waals surface area (Å²) in [7, 11) is 2.68. The zero-order valence-corrected chi connectivity index (χ0v) is 13.9. The van der Waals surface area contributed by atoms with Gasteiger partial charge >= 0.3 is 6.03 Å². The van der Waals surface area contributed by atoms with E-state index in [-0.39, 0.29) is 5.75 Å². The van der Waals surface area contributed by atoms with Crippen molar-refractivity contribution in [1.82, 2.24) is 14.8 Å². The molecule has 0 radical (unpaired) electrons. The van der Waals surface area contributed by atoms with Crippen LogP contribution in [0.2, 0.25) is 0 Å². The van der Waals surface area contributed by atoms with Crippen LogP contribution in [0.4, 0.5) is 4.79 Å². The monoisotopic (exact) mass is 342 g/mol. The molecule has 1 aliphatic rings. The molecule has 25 heavy (non-hydrogen) atoms. The maximum atomic E-state index is 12.1. The molecule has 8 heteroatoms. The SMILES string of the molecule is CN1C(=O)C(C=NCCc2c[nH]c3ccc(O)cc23)C(=O)N(C)C1=O. The molecule has 1 aromatic heterocycles. The number of phenolic OH excluding ortho intramolecular Hbond substituents is 1. The molecule has 0 unspecified atom stereocenters. The Balaban J connectivity index is 1.68. The lowest BCUT2D eigenvalue weighted by Crippen LogP contribution is -2.57. The summed E-state index contributed by atoms with van der Waals surface area (Å²) in [4.78, 5) is 44.9. The maximum Gasteiger partial charge on any atom is 0.332 e. The number of nitrogens with zero attached hydrogens (tertiary/aromatic N) is 3. The summed E-state index contributed by atoms with van der Waals surface area (Å²) < 4.78 is 0. The van der Waals surface area contributed by atoms with Crippen LogP contribution in [0.1, 0.15) is 5.56 Å². The molecule has 0 aliphatic carbocycles. The van der Waals surface area contributed by atoms with Gasteiger partial charge in [-0.15, -0.1) is 0 Å². The molecule has 0 spiro atoms. The molecule has 1 fully saturated rings. The number of urea groups is 1. The number of nitrogens with one attached hydrogen (secondary N) is 1. The Morgan fingerprint density at radius 3 is 2.56 bits per heavy atom. The molecule has 8 nitrogen and oxygen atoms in total. The van der Waals surface area contributed by atoms with E-state index in [1.807, 2.05) is 6.20 Å². The van der Waals surface area contributed by atoms with Crippen LogP contribution in [-0.2, 0) is 16.0 Å². The standard InChI is InChI=1S/C17H18N4O4/c1-20-15(23)13(16(24)21(2)17(20)25)9-18-6-5-10-8-19-14-4-3-11(22)7-12(10)14/h3-4,7-9,13,19,22H,5-6H2,1-2H3. The molecule has 3 rings (SSSR count). The van der Waals surface area contributed by atoms with Crippen LogP contribution in [0.15, 0.2) is 29.4 Å². The second kappa shape index (κ2) is 6.39. The van der Waals surface area contributed by atoms with Gasteiger partial charge in [0.05, 0.1) is 0 Å². The fourth-order valence-corrected chi connectivity index (χ4v) is 2.80. The molecule has 1 aliphatic heterocycles. The summed E-state index contributed by atoms with van der Waals surface area (Å²) in [6.07, 6.45) is 3.73. The molecule has 4 amide bonds. The summed E-state index contributed by atoms with van der Waals surface area (Å²) in [6.45, 7) is 0.376. The van der Waals surface area contributed by atoms with E-state index in [9.17, 15) is 19.5 Å². The van der Waals surface area contributed by atoms with E-state index < -0.39 is 23.8 Å². The third-order valence-corrected chi connectivity index (χ3v) is 4.28. The molecular formula is C17H18N4O4. The quantitative estimate of drug-likeness (QED) is 0.642. The number of hydrogen-bond donors (Lipinski definition) is 2. The highest BCUT2D eigenvalue weighted by molar-refractivity contribution is 6.23. The van der Waals surface area contributed by atoms with Crippen LogP contribution in [0.3, 0.4) is 0 Å². The first-order valence-electron chi connectivity index (χ1n) is 7.78. The number of aliphatic imine (C=N–C) groups is 1. The predicted octanol–water partition coefficient (Wildman–Crippen LogP) is 1.15. The molecule has 2 aromatic rings. The highest BCUT2D eigenvalue weighted by Gasteiger charge is 2.41. The van der Waals surface area contributed by atoms with Gasteiger partial charge in [0.1, 0.15) is 5.75 Å². The van der Waals surface area contributed by atoms with E-state index in [1.54, 1.807) is 18.2 Å². The second-order valence-corrected chi connectivity index (χ2v) is 5.90. The minimum absolute atomic E-state index is 0.186.